The van der Waals surface area contributed by atoms with Gasteiger partial charge < -0.3 is 0 Å². The predicted octanol–water partition coefficient (Wildman–Crippen LogP) is 17.2. The van der Waals surface area contributed by atoms with Gasteiger partial charge in [0, 0.05) is 0 Å². The molecule has 0 bridgehead atoms. The van der Waals surface area contributed by atoms with Crippen molar-refractivity contribution in [1.82, 2.24) is 0 Å². The highest BCUT2D eigenvalue weighted by atomic mass is 14.3. The van der Waals surface area contributed by atoms with Crippen LogP contribution in [0.4, 0.5) is 0 Å². The lowest BCUT2D eigenvalue weighted by atomic mass is 9.78. The Morgan fingerprint density at radius 1 is 0.167 bits per heavy atom. The Morgan fingerprint density at radius 3 is 0.883 bits per heavy atom. The molecule has 15 aromatic rings. The predicted molar refractivity (Wildman–Crippen MR) is 261 cm³/mol. The molecule has 0 aliphatic carbocycles. The van der Waals surface area contributed by atoms with E-state index in [1.165, 1.54) is 152 Å². The third kappa shape index (κ3) is 3.83. The second-order valence-corrected chi connectivity index (χ2v) is 17.1. The molecule has 0 aliphatic rings. The maximum Gasteiger partial charge on any atom is -0.000718 e. The van der Waals surface area contributed by atoms with Gasteiger partial charge >= 0.3 is 0 Å². The van der Waals surface area contributed by atoms with E-state index in [2.05, 4.69) is 194 Å². The Labute approximate surface area is 344 Å². The molecule has 0 heterocycles. The molecule has 0 spiro atoms. The van der Waals surface area contributed by atoms with Gasteiger partial charge in [-0.1, -0.05) is 182 Å². The van der Waals surface area contributed by atoms with Gasteiger partial charge in [-0.05, 0) is 164 Å². The van der Waals surface area contributed by atoms with Crippen molar-refractivity contribution in [2.45, 2.75) is 0 Å². The summed E-state index contributed by atoms with van der Waals surface area (Å²) >= 11 is 0. The number of hydrogen-bond acceptors (Lipinski definition) is 0. The molecule has 0 saturated heterocycles. The first-order chi connectivity index (χ1) is 29.8. The van der Waals surface area contributed by atoms with Crippen LogP contribution < -0.4 is 0 Å². The lowest BCUT2D eigenvalue weighted by Crippen LogP contribution is -1.97. The Bertz CT molecular complexity index is 4030. The van der Waals surface area contributed by atoms with Gasteiger partial charge in [0.25, 0.3) is 0 Å². The minimum atomic E-state index is 1.25. The zero-order valence-electron chi connectivity index (χ0n) is 32.5. The van der Waals surface area contributed by atoms with Crippen LogP contribution in [0.25, 0.3) is 152 Å². The third-order valence-electron chi connectivity index (χ3n) is 14.2. The second kappa shape index (κ2) is 11.0. The molecule has 0 aromatic heterocycles. The van der Waals surface area contributed by atoms with Crippen molar-refractivity contribution in [1.29, 1.82) is 0 Å². The number of benzene rings is 15. The number of rotatable bonds is 2. The summed E-state index contributed by atoms with van der Waals surface area (Å²) in [5.74, 6) is 0. The lowest BCUT2D eigenvalue weighted by Gasteiger charge is -2.25. The molecule has 0 saturated carbocycles. The molecule has 272 valence electrons. The molecule has 0 N–H and O–H groups in total. The highest BCUT2D eigenvalue weighted by molar-refractivity contribution is 6.43. The summed E-state index contributed by atoms with van der Waals surface area (Å²) in [5.41, 5.74) is 5.18. The molecule has 0 heteroatoms. The van der Waals surface area contributed by atoms with Crippen LogP contribution in [0.5, 0.6) is 0 Å². The first-order valence-electron chi connectivity index (χ1n) is 21.1. The first kappa shape index (κ1) is 31.2. The molecule has 0 amide bonds. The fourth-order valence-electron chi connectivity index (χ4n) is 11.8. The van der Waals surface area contributed by atoms with Crippen LogP contribution in [0.15, 0.2) is 194 Å². The molecule has 0 nitrogen and oxygen atoms in total. The van der Waals surface area contributed by atoms with Crippen LogP contribution in [-0.2, 0) is 0 Å². The maximum atomic E-state index is 2.50. The molecule has 0 aliphatic heterocycles. The van der Waals surface area contributed by atoms with E-state index < -0.39 is 0 Å². The Balaban J connectivity index is 1.26. The van der Waals surface area contributed by atoms with E-state index in [1.807, 2.05) is 0 Å². The topological polar surface area (TPSA) is 0 Å². The van der Waals surface area contributed by atoms with Crippen molar-refractivity contribution in [3.8, 4) is 22.3 Å². The van der Waals surface area contributed by atoms with Gasteiger partial charge in [0.2, 0.25) is 0 Å². The molecule has 15 rings (SSSR count). The minimum Gasteiger partial charge on any atom is -0.0616 e. The minimum absolute atomic E-state index is 1.25. The average molecular weight is 753 g/mol. The Hall–Kier alpha value is -7.80. The van der Waals surface area contributed by atoms with Gasteiger partial charge in [0.15, 0.2) is 0 Å². The number of fused-ring (bicyclic) bond motifs is 5. The highest BCUT2D eigenvalue weighted by Crippen LogP contribution is 2.54. The summed E-state index contributed by atoms with van der Waals surface area (Å²) in [7, 11) is 0. The molecule has 60 heavy (non-hydrogen) atoms. The fraction of sp³-hybridized carbons (Fsp3) is 0. The number of hydrogen-bond donors (Lipinski definition) is 0. The average Bonchev–Trinajstić information content (AvgIpc) is 3.31. The van der Waals surface area contributed by atoms with E-state index in [0.717, 1.165) is 0 Å². The quantitative estimate of drug-likeness (QED) is 0.122. The van der Waals surface area contributed by atoms with Crippen molar-refractivity contribution >= 4 is 129 Å². The van der Waals surface area contributed by atoms with Crippen LogP contribution in [-0.4, -0.2) is 0 Å². The molecular weight excluding hydrogens is 721 g/mol. The van der Waals surface area contributed by atoms with Crippen molar-refractivity contribution in [3.63, 3.8) is 0 Å². The molecule has 0 unspecified atom stereocenters. The monoisotopic (exact) mass is 752 g/mol. The van der Waals surface area contributed by atoms with Crippen LogP contribution in [0.3, 0.4) is 0 Å². The summed E-state index contributed by atoms with van der Waals surface area (Å²) in [4.78, 5) is 0. The summed E-state index contributed by atoms with van der Waals surface area (Å²) in [6.45, 7) is 0. The fourth-order valence-corrected chi connectivity index (χ4v) is 11.8. The van der Waals surface area contributed by atoms with Crippen molar-refractivity contribution in [2.24, 2.45) is 0 Å². The zero-order chi connectivity index (χ0) is 38.8. The van der Waals surface area contributed by atoms with Crippen molar-refractivity contribution in [3.05, 3.63) is 194 Å². The molecule has 0 atom stereocenters. The molecule has 0 fully saturated rings. The van der Waals surface area contributed by atoms with Crippen LogP contribution in [0.1, 0.15) is 0 Å². The van der Waals surface area contributed by atoms with E-state index in [9.17, 15) is 0 Å². The van der Waals surface area contributed by atoms with Gasteiger partial charge in [-0.2, -0.15) is 0 Å². The van der Waals surface area contributed by atoms with E-state index in [-0.39, 0.29) is 0 Å². The van der Waals surface area contributed by atoms with Gasteiger partial charge in [-0.3, -0.25) is 0 Å². The van der Waals surface area contributed by atoms with Crippen LogP contribution >= 0.6 is 0 Å². The SMILES string of the molecule is c1ccc2cc3c(-c4ccc5ccc6cccc7ccc4c5c67)c4c5cccc6ccc7cccc(c4c(-c4ccc8ccc9cccc%10ccc4c8c9%10)c3cc2c1)c7c65. The van der Waals surface area contributed by atoms with Gasteiger partial charge in [0.1, 0.15) is 0 Å². The lowest BCUT2D eigenvalue weighted by molar-refractivity contribution is 1.73. The largest absolute Gasteiger partial charge is 0.0616 e. The van der Waals surface area contributed by atoms with E-state index in [0.29, 0.717) is 0 Å². The first-order valence-corrected chi connectivity index (χ1v) is 21.1. The molecule has 0 radical (unpaired) electrons. The second-order valence-electron chi connectivity index (χ2n) is 17.1. The van der Waals surface area contributed by atoms with Gasteiger partial charge in [-0.15, -0.1) is 0 Å². The smallest absolute Gasteiger partial charge is 0.000718 e. The van der Waals surface area contributed by atoms with Crippen molar-refractivity contribution in [2.75, 3.05) is 0 Å². The molecular formula is C60H32. The van der Waals surface area contributed by atoms with Gasteiger partial charge in [-0.25, -0.2) is 0 Å². The third-order valence-corrected chi connectivity index (χ3v) is 14.2. The maximum absolute atomic E-state index is 2.50. The summed E-state index contributed by atoms with van der Waals surface area (Å²) in [6, 6.07) is 74.2. The zero-order valence-corrected chi connectivity index (χ0v) is 32.5. The molecule has 15 aromatic carbocycles. The summed E-state index contributed by atoms with van der Waals surface area (Å²) in [6.07, 6.45) is 0. The summed E-state index contributed by atoms with van der Waals surface area (Å²) in [5, 5.41) is 31.3. The van der Waals surface area contributed by atoms with Crippen LogP contribution in [0, 0.1) is 0 Å². The standard InChI is InChI=1S/C60H32/c1-2-8-42-32-50-49(31-41(42)7-1)57(45-29-25-39-21-17-33-9-3-11-35-23-27-43(45)53(39)51(33)35)59-47-15-5-13-37-19-20-38-14-6-16-48(56(38)55(37)47)60(59)58(50)46-30-26-40-22-18-34-10-4-12-36-24-28-44(46)54(40)52(34)36/h1-32H. The van der Waals surface area contributed by atoms with E-state index in [1.54, 1.807) is 0 Å². The van der Waals surface area contributed by atoms with Crippen LogP contribution in [0.2, 0.25) is 0 Å². The van der Waals surface area contributed by atoms with Crippen molar-refractivity contribution < 1.29 is 0 Å². The summed E-state index contributed by atoms with van der Waals surface area (Å²) < 4.78 is 0. The normalized spacial score (nSPS) is 12.7. The van der Waals surface area contributed by atoms with E-state index >= 15 is 0 Å². The highest BCUT2D eigenvalue weighted by Gasteiger charge is 2.26. The Morgan fingerprint density at radius 2 is 0.467 bits per heavy atom. The Kier molecular flexibility index (Phi) is 5.74. The van der Waals surface area contributed by atoms with E-state index in [4.69, 9.17) is 0 Å². The van der Waals surface area contributed by atoms with Gasteiger partial charge in [0.05, 0.1) is 0 Å².